The van der Waals surface area contributed by atoms with Crippen LogP contribution in [0.2, 0.25) is 0 Å². The molecule has 60 valence electrons. The Morgan fingerprint density at radius 1 is 1.27 bits per heavy atom. The van der Waals surface area contributed by atoms with Crippen LogP contribution in [0.5, 0.6) is 0 Å². The zero-order valence-electron chi connectivity index (χ0n) is 5.78. The lowest BCUT2D eigenvalue weighted by atomic mass is 9.88. The lowest BCUT2D eigenvalue weighted by Crippen LogP contribution is -2.35. The lowest BCUT2D eigenvalue weighted by Gasteiger charge is -2.15. The highest BCUT2D eigenvalue weighted by molar-refractivity contribution is 6.00. The molecule has 2 N–H and O–H groups in total. The fourth-order valence-corrected chi connectivity index (χ4v) is 1.13. The third-order valence-electron chi connectivity index (χ3n) is 1.87. The van der Waals surface area contributed by atoms with Crippen LogP contribution in [0.1, 0.15) is 12.8 Å². The summed E-state index contributed by atoms with van der Waals surface area (Å²) in [6.45, 7) is 0. The quantitative estimate of drug-likeness (QED) is 0.450. The average Bonchev–Trinajstić information content (AvgIpc) is 2.34. The number of allylic oxidation sites excluding steroid dienone is 1. The Bertz CT molecular complexity index is 215. The first-order valence-electron chi connectivity index (χ1n) is 3.24. The molecule has 0 radical (unpaired) electrons. The van der Waals surface area contributed by atoms with E-state index in [9.17, 15) is 9.59 Å². The molecule has 0 aromatic heterocycles. The molecule has 0 saturated carbocycles. The molecule has 0 spiro atoms. The zero-order chi connectivity index (χ0) is 8.48. The number of carbonyl (C=O) groups is 2. The monoisotopic (exact) mass is 156 g/mol. The van der Waals surface area contributed by atoms with E-state index < -0.39 is 17.4 Å². The predicted molar refractivity (Wildman–Crippen MR) is 36.1 cm³/mol. The number of carboxylic acid groups (broad SMARTS) is 2. The van der Waals surface area contributed by atoms with Gasteiger partial charge in [-0.15, -0.1) is 0 Å². The normalized spacial score (nSPS) is 20.0. The highest BCUT2D eigenvalue weighted by Crippen LogP contribution is 2.32. The lowest BCUT2D eigenvalue weighted by molar-refractivity contribution is -0.160. The summed E-state index contributed by atoms with van der Waals surface area (Å²) in [5.41, 5.74) is -1.65. The van der Waals surface area contributed by atoms with Crippen molar-refractivity contribution >= 4 is 11.9 Å². The molecule has 11 heavy (non-hydrogen) atoms. The van der Waals surface area contributed by atoms with Gasteiger partial charge in [-0.3, -0.25) is 9.59 Å². The molecule has 0 heterocycles. The average molecular weight is 156 g/mol. The van der Waals surface area contributed by atoms with Crippen LogP contribution < -0.4 is 0 Å². The van der Waals surface area contributed by atoms with Gasteiger partial charge in [-0.25, -0.2) is 0 Å². The molecule has 0 fully saturated rings. The van der Waals surface area contributed by atoms with Crippen LogP contribution in [0.15, 0.2) is 12.2 Å². The second kappa shape index (κ2) is 2.38. The molecule has 0 aliphatic heterocycles. The number of carboxylic acids is 2. The number of hydrogen-bond donors (Lipinski definition) is 2. The second-order valence-corrected chi connectivity index (χ2v) is 2.52. The molecule has 4 heteroatoms. The number of aliphatic carboxylic acids is 2. The summed E-state index contributed by atoms with van der Waals surface area (Å²) >= 11 is 0. The van der Waals surface area contributed by atoms with Gasteiger partial charge >= 0.3 is 11.9 Å². The van der Waals surface area contributed by atoms with E-state index in [1.54, 1.807) is 6.08 Å². The number of hydrogen-bond acceptors (Lipinski definition) is 2. The van der Waals surface area contributed by atoms with Crippen LogP contribution in [-0.2, 0) is 9.59 Å². The second-order valence-electron chi connectivity index (χ2n) is 2.52. The van der Waals surface area contributed by atoms with Gasteiger partial charge < -0.3 is 10.2 Å². The van der Waals surface area contributed by atoms with Crippen molar-refractivity contribution in [3.05, 3.63) is 12.2 Å². The van der Waals surface area contributed by atoms with Crippen LogP contribution in [0.3, 0.4) is 0 Å². The Kier molecular flexibility index (Phi) is 1.68. The Hall–Kier alpha value is -1.32. The highest BCUT2D eigenvalue weighted by atomic mass is 16.4. The van der Waals surface area contributed by atoms with Crippen molar-refractivity contribution in [2.24, 2.45) is 5.41 Å². The molecular formula is C7H8O4. The van der Waals surface area contributed by atoms with Gasteiger partial charge in [-0.1, -0.05) is 12.2 Å². The van der Waals surface area contributed by atoms with Crippen molar-refractivity contribution in [2.45, 2.75) is 12.8 Å². The van der Waals surface area contributed by atoms with Gasteiger partial charge in [0.05, 0.1) is 0 Å². The molecule has 0 unspecified atom stereocenters. The minimum absolute atomic E-state index is 0.164. The maximum Gasteiger partial charge on any atom is 0.324 e. The van der Waals surface area contributed by atoms with E-state index in [0.29, 0.717) is 6.42 Å². The Morgan fingerprint density at radius 2 is 1.82 bits per heavy atom. The Labute approximate surface area is 63.1 Å². The smallest absolute Gasteiger partial charge is 0.324 e. The topological polar surface area (TPSA) is 74.6 Å². The van der Waals surface area contributed by atoms with Gasteiger partial charge in [0.25, 0.3) is 0 Å². The fourth-order valence-electron chi connectivity index (χ4n) is 1.13. The third kappa shape index (κ3) is 1.00. The van der Waals surface area contributed by atoms with Gasteiger partial charge in [0, 0.05) is 0 Å². The molecule has 0 aromatic rings. The molecular weight excluding hydrogens is 148 g/mol. The van der Waals surface area contributed by atoms with Gasteiger partial charge in [-0.2, -0.15) is 0 Å². The van der Waals surface area contributed by atoms with E-state index >= 15 is 0 Å². The highest BCUT2D eigenvalue weighted by Gasteiger charge is 2.45. The molecule has 0 saturated heterocycles. The van der Waals surface area contributed by atoms with E-state index in [2.05, 4.69) is 0 Å². The van der Waals surface area contributed by atoms with Crippen molar-refractivity contribution in [1.29, 1.82) is 0 Å². The predicted octanol–water partition coefficient (Wildman–Crippen LogP) is 0.492. The Balaban J connectivity index is 2.98. The summed E-state index contributed by atoms with van der Waals surface area (Å²) in [6.07, 6.45) is 3.52. The Morgan fingerprint density at radius 3 is 2.00 bits per heavy atom. The number of rotatable bonds is 2. The summed E-state index contributed by atoms with van der Waals surface area (Å²) in [4.78, 5) is 21.1. The van der Waals surface area contributed by atoms with Gasteiger partial charge in [-0.05, 0) is 12.8 Å². The molecule has 0 bridgehead atoms. The van der Waals surface area contributed by atoms with Crippen molar-refractivity contribution in [1.82, 2.24) is 0 Å². The van der Waals surface area contributed by atoms with Crippen LogP contribution in [0.4, 0.5) is 0 Å². The van der Waals surface area contributed by atoms with Crippen molar-refractivity contribution in [3.63, 3.8) is 0 Å². The summed E-state index contributed by atoms with van der Waals surface area (Å²) in [5.74, 6) is -2.56. The van der Waals surface area contributed by atoms with E-state index in [4.69, 9.17) is 10.2 Å². The maximum atomic E-state index is 10.5. The molecule has 1 rings (SSSR count). The standard InChI is InChI=1S/C7H8O4/c8-5(9)7(6(10)11)3-1-2-4-7/h1,3H,2,4H2,(H,8,9)(H,10,11). The van der Waals surface area contributed by atoms with E-state index in [1.807, 2.05) is 0 Å². The van der Waals surface area contributed by atoms with E-state index in [1.165, 1.54) is 6.08 Å². The summed E-state index contributed by atoms with van der Waals surface area (Å²) in [6, 6.07) is 0. The first-order valence-corrected chi connectivity index (χ1v) is 3.24. The summed E-state index contributed by atoms with van der Waals surface area (Å²) < 4.78 is 0. The third-order valence-corrected chi connectivity index (χ3v) is 1.87. The van der Waals surface area contributed by atoms with Crippen LogP contribution in [0.25, 0.3) is 0 Å². The molecule has 1 aliphatic rings. The van der Waals surface area contributed by atoms with Crippen molar-refractivity contribution in [3.8, 4) is 0 Å². The van der Waals surface area contributed by atoms with Crippen LogP contribution in [0, 0.1) is 5.41 Å². The molecule has 0 amide bonds. The van der Waals surface area contributed by atoms with E-state index in [0.717, 1.165) is 0 Å². The van der Waals surface area contributed by atoms with Crippen molar-refractivity contribution in [2.75, 3.05) is 0 Å². The van der Waals surface area contributed by atoms with E-state index in [-0.39, 0.29) is 6.42 Å². The maximum absolute atomic E-state index is 10.5. The van der Waals surface area contributed by atoms with Crippen molar-refractivity contribution < 1.29 is 19.8 Å². The summed E-state index contributed by atoms with van der Waals surface area (Å²) in [5, 5.41) is 17.2. The first kappa shape index (κ1) is 7.78. The largest absolute Gasteiger partial charge is 0.480 e. The van der Waals surface area contributed by atoms with Gasteiger partial charge in [0.15, 0.2) is 5.41 Å². The minimum atomic E-state index is -1.65. The fraction of sp³-hybridized carbons (Fsp3) is 0.429. The SMILES string of the molecule is O=C(O)C1(C(=O)O)C=CCC1. The first-order chi connectivity index (χ1) is 5.09. The van der Waals surface area contributed by atoms with Crippen LogP contribution >= 0.6 is 0 Å². The minimum Gasteiger partial charge on any atom is -0.480 e. The van der Waals surface area contributed by atoms with Crippen LogP contribution in [-0.4, -0.2) is 22.2 Å². The zero-order valence-corrected chi connectivity index (χ0v) is 5.78. The summed E-state index contributed by atoms with van der Waals surface area (Å²) in [7, 11) is 0. The molecule has 4 nitrogen and oxygen atoms in total. The van der Waals surface area contributed by atoms with Gasteiger partial charge in [0.1, 0.15) is 0 Å². The molecule has 0 atom stereocenters. The molecule has 1 aliphatic carbocycles. The molecule has 0 aromatic carbocycles. The van der Waals surface area contributed by atoms with Gasteiger partial charge in [0.2, 0.25) is 0 Å².